The highest BCUT2D eigenvalue weighted by molar-refractivity contribution is 7.15. The predicted molar refractivity (Wildman–Crippen MR) is 88.3 cm³/mol. The first-order valence-corrected chi connectivity index (χ1v) is 8.09. The van der Waals surface area contributed by atoms with Gasteiger partial charge in [-0.25, -0.2) is 4.39 Å². The van der Waals surface area contributed by atoms with Gasteiger partial charge in [0, 0.05) is 17.9 Å². The van der Waals surface area contributed by atoms with Crippen LogP contribution >= 0.6 is 11.3 Å². The van der Waals surface area contributed by atoms with Crippen LogP contribution in [0.25, 0.3) is 10.9 Å². The van der Waals surface area contributed by atoms with Gasteiger partial charge in [0.1, 0.15) is 10.8 Å². The molecule has 1 N–H and O–H groups in total. The van der Waals surface area contributed by atoms with E-state index in [1.165, 1.54) is 23.5 Å². The number of carbonyl (C=O) groups is 1. The minimum Gasteiger partial charge on any atom is -0.296 e. The summed E-state index contributed by atoms with van der Waals surface area (Å²) < 4.78 is 13.2. The molecule has 0 saturated carbocycles. The van der Waals surface area contributed by atoms with Crippen molar-refractivity contribution in [3.63, 3.8) is 0 Å². The fraction of sp³-hybridized carbons (Fsp3) is 0.250. The molecule has 1 aromatic carbocycles. The van der Waals surface area contributed by atoms with Crippen molar-refractivity contribution in [3.05, 3.63) is 46.3 Å². The molecule has 0 spiro atoms. The highest BCUT2D eigenvalue weighted by atomic mass is 32.1. The summed E-state index contributed by atoms with van der Waals surface area (Å²) in [4.78, 5) is 16.7. The zero-order chi connectivity index (χ0) is 16.4. The van der Waals surface area contributed by atoms with Gasteiger partial charge in [-0.15, -0.1) is 10.2 Å². The van der Waals surface area contributed by atoms with Gasteiger partial charge in [0.15, 0.2) is 0 Å². The Labute approximate surface area is 136 Å². The van der Waals surface area contributed by atoms with Gasteiger partial charge in [-0.2, -0.15) is 0 Å². The second-order valence-electron chi connectivity index (χ2n) is 5.16. The van der Waals surface area contributed by atoms with Crippen LogP contribution in [0.5, 0.6) is 0 Å². The zero-order valence-corrected chi connectivity index (χ0v) is 13.6. The summed E-state index contributed by atoms with van der Waals surface area (Å²) in [6, 6.07) is 6.02. The number of fused-ring (bicyclic) bond motifs is 1. The third-order valence-corrected chi connectivity index (χ3v) is 4.26. The van der Waals surface area contributed by atoms with Crippen molar-refractivity contribution in [2.45, 2.75) is 26.7 Å². The maximum absolute atomic E-state index is 13.2. The Morgan fingerprint density at radius 1 is 1.30 bits per heavy atom. The van der Waals surface area contributed by atoms with E-state index in [2.05, 4.69) is 27.4 Å². The largest absolute Gasteiger partial charge is 0.296 e. The van der Waals surface area contributed by atoms with Crippen LogP contribution < -0.4 is 5.32 Å². The van der Waals surface area contributed by atoms with Crippen LogP contribution in [0.4, 0.5) is 9.52 Å². The molecular weight excluding hydrogens is 315 g/mol. The van der Waals surface area contributed by atoms with Gasteiger partial charge in [0.05, 0.1) is 16.8 Å². The first-order chi connectivity index (χ1) is 11.1. The van der Waals surface area contributed by atoms with Gasteiger partial charge in [-0.1, -0.05) is 18.3 Å². The normalized spacial score (nSPS) is 10.9. The standard InChI is InChI=1S/C16H15FN4OS/c1-3-4-14-20-21-16(23-14)19-15(22)12-7-10-5-6-11(17)8-13(10)18-9(12)2/h5-8H,3-4H2,1-2H3,(H,19,21,22). The SMILES string of the molecule is CCCc1nnc(NC(=O)c2cc3ccc(F)cc3nc2C)s1. The molecule has 0 fully saturated rings. The van der Waals surface area contributed by atoms with Crippen molar-refractivity contribution >= 4 is 33.3 Å². The summed E-state index contributed by atoms with van der Waals surface area (Å²) in [5.74, 6) is -0.640. The van der Waals surface area contributed by atoms with Gasteiger partial charge >= 0.3 is 0 Å². The molecule has 7 heteroatoms. The average molecular weight is 330 g/mol. The van der Waals surface area contributed by atoms with E-state index < -0.39 is 0 Å². The Bertz CT molecular complexity index is 878. The van der Waals surface area contributed by atoms with Crippen molar-refractivity contribution in [3.8, 4) is 0 Å². The van der Waals surface area contributed by atoms with Crippen LogP contribution in [0.2, 0.25) is 0 Å². The molecule has 23 heavy (non-hydrogen) atoms. The van der Waals surface area contributed by atoms with Crippen molar-refractivity contribution in [2.75, 3.05) is 5.32 Å². The lowest BCUT2D eigenvalue weighted by Crippen LogP contribution is -2.14. The summed E-state index contributed by atoms with van der Waals surface area (Å²) in [6.45, 7) is 3.79. The lowest BCUT2D eigenvalue weighted by Gasteiger charge is -2.07. The Morgan fingerprint density at radius 3 is 2.91 bits per heavy atom. The number of rotatable bonds is 4. The fourth-order valence-electron chi connectivity index (χ4n) is 2.25. The number of amides is 1. The lowest BCUT2D eigenvalue weighted by atomic mass is 10.1. The Kier molecular flexibility index (Phi) is 4.29. The number of halogens is 1. The van der Waals surface area contributed by atoms with E-state index in [1.807, 2.05) is 0 Å². The molecule has 1 amide bonds. The second kappa shape index (κ2) is 6.37. The van der Waals surface area contributed by atoms with Crippen LogP contribution in [0, 0.1) is 12.7 Å². The molecule has 118 valence electrons. The predicted octanol–water partition coefficient (Wildman–Crippen LogP) is 3.74. The van der Waals surface area contributed by atoms with Crippen LogP contribution in [0.3, 0.4) is 0 Å². The molecule has 5 nitrogen and oxygen atoms in total. The van der Waals surface area contributed by atoms with E-state index >= 15 is 0 Å². The number of nitrogens with one attached hydrogen (secondary N) is 1. The summed E-state index contributed by atoms with van der Waals surface area (Å²) in [5, 5.41) is 12.8. The zero-order valence-electron chi connectivity index (χ0n) is 12.8. The van der Waals surface area contributed by atoms with E-state index in [1.54, 1.807) is 19.1 Å². The van der Waals surface area contributed by atoms with Crippen molar-refractivity contribution < 1.29 is 9.18 Å². The van der Waals surface area contributed by atoms with Crippen molar-refractivity contribution in [2.24, 2.45) is 0 Å². The van der Waals surface area contributed by atoms with Crippen LogP contribution in [0.1, 0.15) is 34.4 Å². The number of carbonyl (C=O) groups excluding carboxylic acids is 1. The van der Waals surface area contributed by atoms with Crippen LogP contribution in [0.15, 0.2) is 24.3 Å². The molecule has 0 atom stereocenters. The number of anilines is 1. The smallest absolute Gasteiger partial charge is 0.259 e. The topological polar surface area (TPSA) is 67.8 Å². The molecule has 0 aliphatic heterocycles. The van der Waals surface area contributed by atoms with Crippen LogP contribution in [-0.2, 0) is 6.42 Å². The van der Waals surface area contributed by atoms with Gasteiger partial charge in [0.25, 0.3) is 5.91 Å². The van der Waals surface area contributed by atoms with E-state index in [-0.39, 0.29) is 11.7 Å². The highest BCUT2D eigenvalue weighted by Gasteiger charge is 2.14. The Hall–Kier alpha value is -2.41. The van der Waals surface area contributed by atoms with E-state index in [4.69, 9.17) is 0 Å². The molecule has 0 saturated heterocycles. The number of benzene rings is 1. The monoisotopic (exact) mass is 330 g/mol. The van der Waals surface area contributed by atoms with E-state index in [9.17, 15) is 9.18 Å². The maximum Gasteiger partial charge on any atom is 0.259 e. The van der Waals surface area contributed by atoms with Gasteiger partial charge in [-0.05, 0) is 31.5 Å². The third-order valence-electron chi connectivity index (χ3n) is 3.37. The number of nitrogens with zero attached hydrogens (tertiary/aromatic N) is 3. The molecule has 0 bridgehead atoms. The number of aryl methyl sites for hydroxylation is 2. The minimum atomic E-state index is -0.348. The first-order valence-electron chi connectivity index (χ1n) is 7.27. The molecule has 2 heterocycles. The Balaban J connectivity index is 1.87. The number of hydrogen-bond donors (Lipinski definition) is 1. The summed E-state index contributed by atoms with van der Waals surface area (Å²) in [6.07, 6.45) is 1.82. The quantitative estimate of drug-likeness (QED) is 0.791. The molecule has 3 aromatic rings. The molecule has 2 aromatic heterocycles. The maximum atomic E-state index is 13.2. The second-order valence-corrected chi connectivity index (χ2v) is 6.23. The molecular formula is C16H15FN4OS. The fourth-order valence-corrected chi connectivity index (χ4v) is 3.09. The highest BCUT2D eigenvalue weighted by Crippen LogP contribution is 2.21. The Morgan fingerprint density at radius 2 is 2.13 bits per heavy atom. The van der Waals surface area contributed by atoms with Crippen LogP contribution in [-0.4, -0.2) is 21.1 Å². The van der Waals surface area contributed by atoms with Gasteiger partial charge in [-0.3, -0.25) is 15.1 Å². The molecule has 0 unspecified atom stereocenters. The van der Waals surface area contributed by atoms with Gasteiger partial charge < -0.3 is 0 Å². The first kappa shape index (κ1) is 15.5. The third kappa shape index (κ3) is 3.34. The summed E-state index contributed by atoms with van der Waals surface area (Å²) >= 11 is 1.37. The number of aromatic nitrogens is 3. The van der Waals surface area contributed by atoms with Crippen molar-refractivity contribution in [1.82, 2.24) is 15.2 Å². The number of hydrogen-bond acceptors (Lipinski definition) is 5. The minimum absolute atomic E-state index is 0.291. The average Bonchev–Trinajstić information content (AvgIpc) is 2.94. The molecule has 0 aliphatic rings. The molecule has 3 rings (SSSR count). The molecule has 0 aliphatic carbocycles. The lowest BCUT2D eigenvalue weighted by molar-refractivity contribution is 0.102. The number of pyridine rings is 1. The van der Waals surface area contributed by atoms with E-state index in [0.29, 0.717) is 27.3 Å². The van der Waals surface area contributed by atoms with Crippen molar-refractivity contribution in [1.29, 1.82) is 0 Å². The summed E-state index contributed by atoms with van der Waals surface area (Å²) in [5.41, 5.74) is 1.51. The summed E-state index contributed by atoms with van der Waals surface area (Å²) in [7, 11) is 0. The van der Waals surface area contributed by atoms with E-state index in [0.717, 1.165) is 17.8 Å². The molecule has 0 radical (unpaired) electrons. The van der Waals surface area contributed by atoms with Gasteiger partial charge in [0.2, 0.25) is 5.13 Å².